The second-order valence-electron chi connectivity index (χ2n) is 4.19. The molecule has 0 aromatic heterocycles. The van der Waals surface area contributed by atoms with Gasteiger partial charge in [0.1, 0.15) is 9.84 Å². The van der Waals surface area contributed by atoms with Crippen LogP contribution >= 0.6 is 11.8 Å². The Balaban J connectivity index is 2.01. The Morgan fingerprint density at radius 2 is 2.06 bits per heavy atom. The summed E-state index contributed by atoms with van der Waals surface area (Å²) in [6, 6.07) is 0. The highest BCUT2D eigenvalue weighted by atomic mass is 32.2. The summed E-state index contributed by atoms with van der Waals surface area (Å²) in [6.45, 7) is 4.84. The van der Waals surface area contributed by atoms with Crippen LogP contribution in [0, 0.1) is 0 Å². The molecule has 16 heavy (non-hydrogen) atoms. The van der Waals surface area contributed by atoms with Crippen molar-refractivity contribution < 1.29 is 8.42 Å². The molecule has 1 aliphatic heterocycles. The fourth-order valence-electron chi connectivity index (χ4n) is 1.64. The number of nitrogens with one attached hydrogen (secondary N) is 1. The number of rotatable bonds is 6. The van der Waals surface area contributed by atoms with Gasteiger partial charge in [-0.1, -0.05) is 0 Å². The van der Waals surface area contributed by atoms with E-state index in [9.17, 15) is 8.42 Å². The van der Waals surface area contributed by atoms with Gasteiger partial charge >= 0.3 is 0 Å². The van der Waals surface area contributed by atoms with Gasteiger partial charge in [0.05, 0.1) is 5.75 Å². The van der Waals surface area contributed by atoms with Crippen LogP contribution < -0.4 is 5.32 Å². The van der Waals surface area contributed by atoms with Crippen molar-refractivity contribution in [3.8, 4) is 0 Å². The zero-order chi connectivity index (χ0) is 11.9. The van der Waals surface area contributed by atoms with E-state index >= 15 is 0 Å². The Morgan fingerprint density at radius 3 is 2.81 bits per heavy atom. The lowest BCUT2D eigenvalue weighted by atomic mass is 10.4. The maximum absolute atomic E-state index is 10.9. The second-order valence-corrected chi connectivity index (χ2v) is 7.67. The number of thioether (sulfide) groups is 1. The Hall–Kier alpha value is 0.220. The monoisotopic (exact) mass is 266 g/mol. The van der Waals surface area contributed by atoms with Gasteiger partial charge < -0.3 is 10.2 Å². The van der Waals surface area contributed by atoms with Crippen molar-refractivity contribution in [3.63, 3.8) is 0 Å². The molecule has 0 amide bonds. The van der Waals surface area contributed by atoms with Crippen molar-refractivity contribution in [1.29, 1.82) is 0 Å². The summed E-state index contributed by atoms with van der Waals surface area (Å²) in [5, 5.41) is 3.18. The normalized spacial score (nSPS) is 19.6. The van der Waals surface area contributed by atoms with E-state index in [1.54, 1.807) is 0 Å². The van der Waals surface area contributed by atoms with E-state index in [0.717, 1.165) is 13.1 Å². The van der Waals surface area contributed by atoms with Gasteiger partial charge in [0.15, 0.2) is 0 Å². The molecular weight excluding hydrogens is 244 g/mol. The first kappa shape index (κ1) is 14.3. The average molecular weight is 266 g/mol. The highest BCUT2D eigenvalue weighted by Crippen LogP contribution is 2.08. The summed E-state index contributed by atoms with van der Waals surface area (Å²) >= 11 is 2.03. The summed E-state index contributed by atoms with van der Waals surface area (Å²) < 4.78 is 21.8. The van der Waals surface area contributed by atoms with E-state index in [1.165, 1.54) is 37.3 Å². The van der Waals surface area contributed by atoms with E-state index in [-0.39, 0.29) is 5.75 Å². The molecule has 1 saturated heterocycles. The van der Waals surface area contributed by atoms with E-state index in [1.807, 2.05) is 11.8 Å². The third-order valence-corrected chi connectivity index (χ3v) is 4.56. The van der Waals surface area contributed by atoms with Crippen LogP contribution in [0.15, 0.2) is 0 Å². The molecule has 0 spiro atoms. The first-order chi connectivity index (χ1) is 7.58. The lowest BCUT2D eigenvalue weighted by molar-refractivity contribution is 0.295. The van der Waals surface area contributed by atoms with Crippen LogP contribution in [-0.2, 0) is 9.84 Å². The Bertz CT molecular complexity index is 273. The summed E-state index contributed by atoms with van der Waals surface area (Å²) in [5.41, 5.74) is 0. The summed E-state index contributed by atoms with van der Waals surface area (Å²) in [7, 11) is -2.81. The van der Waals surface area contributed by atoms with E-state index in [2.05, 4.69) is 10.2 Å². The van der Waals surface area contributed by atoms with Gasteiger partial charge in [-0.2, -0.15) is 11.8 Å². The molecule has 0 aliphatic carbocycles. The Kier molecular flexibility index (Phi) is 6.72. The van der Waals surface area contributed by atoms with Gasteiger partial charge in [0.25, 0.3) is 0 Å². The topological polar surface area (TPSA) is 49.4 Å². The van der Waals surface area contributed by atoms with Crippen LogP contribution in [0.25, 0.3) is 0 Å². The summed E-state index contributed by atoms with van der Waals surface area (Å²) in [4.78, 5) is 2.45. The van der Waals surface area contributed by atoms with E-state index in [0.29, 0.717) is 6.54 Å². The maximum atomic E-state index is 10.9. The molecule has 0 aromatic carbocycles. The van der Waals surface area contributed by atoms with Crippen LogP contribution in [0.4, 0.5) is 0 Å². The van der Waals surface area contributed by atoms with Crippen LogP contribution in [0.1, 0.15) is 6.42 Å². The minimum atomic E-state index is -2.81. The number of hydrogen-bond donors (Lipinski definition) is 1. The molecule has 1 rings (SSSR count). The van der Waals surface area contributed by atoms with Crippen molar-refractivity contribution in [2.24, 2.45) is 0 Å². The van der Waals surface area contributed by atoms with Gasteiger partial charge in [0, 0.05) is 38.2 Å². The third kappa shape index (κ3) is 7.49. The van der Waals surface area contributed by atoms with Crippen molar-refractivity contribution in [1.82, 2.24) is 10.2 Å². The van der Waals surface area contributed by atoms with Crippen LogP contribution in [0.5, 0.6) is 0 Å². The smallest absolute Gasteiger partial charge is 0.148 e. The third-order valence-electron chi connectivity index (χ3n) is 2.57. The first-order valence-corrected chi connectivity index (χ1v) is 8.98. The molecule has 1 fully saturated rings. The molecular formula is C10H22N2O2S2. The number of nitrogens with zero attached hydrogens (tertiary/aromatic N) is 1. The summed E-state index contributed by atoms with van der Waals surface area (Å²) in [6.07, 6.45) is 2.55. The van der Waals surface area contributed by atoms with E-state index in [4.69, 9.17) is 0 Å². The largest absolute Gasteiger partial charge is 0.314 e. The van der Waals surface area contributed by atoms with Crippen molar-refractivity contribution in [3.05, 3.63) is 0 Å². The fraction of sp³-hybridized carbons (Fsp3) is 1.00. The van der Waals surface area contributed by atoms with Crippen LogP contribution in [0.3, 0.4) is 0 Å². The number of hydrogen-bond acceptors (Lipinski definition) is 5. The molecule has 0 bridgehead atoms. The minimum absolute atomic E-state index is 0.239. The van der Waals surface area contributed by atoms with Crippen LogP contribution in [0.2, 0.25) is 0 Å². The molecule has 1 aliphatic rings. The minimum Gasteiger partial charge on any atom is -0.314 e. The maximum Gasteiger partial charge on any atom is 0.148 e. The van der Waals surface area contributed by atoms with Crippen molar-refractivity contribution >= 4 is 21.6 Å². The molecule has 0 atom stereocenters. The SMILES string of the molecule is CS(=O)(=O)CCNCCN1CCCSCC1. The van der Waals surface area contributed by atoms with E-state index < -0.39 is 9.84 Å². The molecule has 0 saturated carbocycles. The number of sulfone groups is 1. The summed E-state index contributed by atoms with van der Waals surface area (Å²) in [5.74, 6) is 2.74. The molecule has 0 unspecified atom stereocenters. The predicted octanol–water partition coefficient (Wildman–Crippen LogP) is 0.0595. The highest BCUT2D eigenvalue weighted by Gasteiger charge is 2.08. The standard InChI is InChI=1S/C10H22N2O2S2/c1-16(13,14)10-4-11-3-6-12-5-2-8-15-9-7-12/h11H,2-10H2,1H3. The van der Waals surface area contributed by atoms with Gasteiger partial charge in [0.2, 0.25) is 0 Å². The zero-order valence-electron chi connectivity index (χ0n) is 9.94. The second kappa shape index (κ2) is 7.53. The van der Waals surface area contributed by atoms with Crippen LogP contribution in [-0.4, -0.2) is 69.6 Å². The molecule has 0 aromatic rings. The van der Waals surface area contributed by atoms with Gasteiger partial charge in [-0.25, -0.2) is 8.42 Å². The first-order valence-electron chi connectivity index (χ1n) is 5.76. The van der Waals surface area contributed by atoms with Crippen molar-refractivity contribution in [2.45, 2.75) is 6.42 Å². The van der Waals surface area contributed by atoms with Crippen molar-refractivity contribution in [2.75, 3.05) is 56.2 Å². The Morgan fingerprint density at radius 1 is 1.25 bits per heavy atom. The lowest BCUT2D eigenvalue weighted by Crippen LogP contribution is -2.35. The Labute approximate surface area is 103 Å². The quantitative estimate of drug-likeness (QED) is 0.689. The van der Waals surface area contributed by atoms with Gasteiger partial charge in [-0.3, -0.25) is 0 Å². The molecule has 96 valence electrons. The molecule has 0 radical (unpaired) electrons. The lowest BCUT2D eigenvalue weighted by Gasteiger charge is -2.19. The predicted molar refractivity (Wildman–Crippen MR) is 71.0 cm³/mol. The van der Waals surface area contributed by atoms with Gasteiger partial charge in [-0.05, 0) is 18.7 Å². The fourth-order valence-corrected chi connectivity index (χ4v) is 3.08. The molecule has 1 heterocycles. The average Bonchev–Trinajstić information content (AvgIpc) is 2.44. The van der Waals surface area contributed by atoms with Gasteiger partial charge in [-0.15, -0.1) is 0 Å². The highest BCUT2D eigenvalue weighted by molar-refractivity contribution is 7.99. The molecule has 6 heteroatoms. The molecule has 4 nitrogen and oxygen atoms in total. The molecule has 1 N–H and O–H groups in total. The zero-order valence-corrected chi connectivity index (χ0v) is 11.6.